The van der Waals surface area contributed by atoms with Gasteiger partial charge in [0.1, 0.15) is 0 Å². The first-order valence-corrected chi connectivity index (χ1v) is 13.5. The molecule has 176 valence electrons. The molecule has 5 rings (SSSR count). The standard InChI is InChI=1S/C25H27N5O2S2/c1-16-2-5-20(14-21(16)18-6-8-19(9-7-18)22(26)31)23(32)30(15-17-3-4-17)25-28-27-24(34-25)29-10-12-33-13-11-29/h2,5-9,14,17H,3-4,10-13,15H2,1H3,(H2,26,31). The molecule has 1 aliphatic heterocycles. The minimum Gasteiger partial charge on any atom is -0.366 e. The average molecular weight is 494 g/mol. The molecule has 0 spiro atoms. The molecular weight excluding hydrogens is 466 g/mol. The molecule has 0 atom stereocenters. The molecule has 2 amide bonds. The van der Waals surface area contributed by atoms with E-state index in [4.69, 9.17) is 5.73 Å². The SMILES string of the molecule is Cc1ccc(C(=O)N(CC2CC2)c2nnc(N3CCSCC3)s2)cc1-c1ccc(C(N)=O)cc1. The van der Waals surface area contributed by atoms with Crippen molar-refractivity contribution in [1.29, 1.82) is 0 Å². The topological polar surface area (TPSA) is 92.4 Å². The molecule has 2 N–H and O–H groups in total. The van der Waals surface area contributed by atoms with Crippen molar-refractivity contribution >= 4 is 45.2 Å². The van der Waals surface area contributed by atoms with E-state index in [1.165, 1.54) is 11.3 Å². The van der Waals surface area contributed by atoms with Crippen molar-refractivity contribution in [3.05, 3.63) is 59.2 Å². The van der Waals surface area contributed by atoms with Crippen molar-refractivity contribution in [3.63, 3.8) is 0 Å². The number of carbonyl (C=O) groups is 2. The first-order valence-electron chi connectivity index (χ1n) is 11.5. The van der Waals surface area contributed by atoms with Crippen LogP contribution >= 0.6 is 23.1 Å². The molecule has 2 aliphatic rings. The third-order valence-corrected chi connectivity index (χ3v) is 8.21. The Hall–Kier alpha value is -2.91. The maximum atomic E-state index is 13.7. The first kappa shape index (κ1) is 22.9. The molecule has 2 aromatic carbocycles. The number of aromatic nitrogens is 2. The van der Waals surface area contributed by atoms with Gasteiger partial charge >= 0.3 is 0 Å². The molecule has 0 unspecified atom stereocenters. The molecule has 0 bridgehead atoms. The number of rotatable bonds is 7. The van der Waals surface area contributed by atoms with Crippen LogP contribution in [0.4, 0.5) is 10.3 Å². The lowest BCUT2D eigenvalue weighted by Crippen LogP contribution is -2.33. The van der Waals surface area contributed by atoms with Crippen LogP contribution in [0, 0.1) is 12.8 Å². The fourth-order valence-electron chi connectivity index (χ4n) is 4.04. The van der Waals surface area contributed by atoms with Crippen molar-refractivity contribution in [3.8, 4) is 11.1 Å². The van der Waals surface area contributed by atoms with Crippen LogP contribution in [0.1, 0.15) is 39.1 Å². The summed E-state index contributed by atoms with van der Waals surface area (Å²) in [7, 11) is 0. The quantitative estimate of drug-likeness (QED) is 0.530. The summed E-state index contributed by atoms with van der Waals surface area (Å²) < 4.78 is 0. The maximum absolute atomic E-state index is 13.7. The number of anilines is 2. The Labute approximate surface area is 207 Å². The molecule has 34 heavy (non-hydrogen) atoms. The fourth-order valence-corrected chi connectivity index (χ4v) is 5.85. The number of nitrogens with zero attached hydrogens (tertiary/aromatic N) is 4. The van der Waals surface area contributed by atoms with E-state index >= 15 is 0 Å². The van der Waals surface area contributed by atoms with Crippen LogP contribution in [0.3, 0.4) is 0 Å². The summed E-state index contributed by atoms with van der Waals surface area (Å²) in [5.41, 5.74) is 9.40. The Kier molecular flexibility index (Phi) is 6.56. The number of thioether (sulfide) groups is 1. The highest BCUT2D eigenvalue weighted by atomic mass is 32.2. The summed E-state index contributed by atoms with van der Waals surface area (Å²) >= 11 is 3.46. The third-order valence-electron chi connectivity index (χ3n) is 6.26. The average Bonchev–Trinajstić information content (AvgIpc) is 3.56. The van der Waals surface area contributed by atoms with Crippen LogP contribution in [0.15, 0.2) is 42.5 Å². The fraction of sp³-hybridized carbons (Fsp3) is 0.360. The third kappa shape index (κ3) is 4.95. The van der Waals surface area contributed by atoms with E-state index in [0.29, 0.717) is 28.7 Å². The van der Waals surface area contributed by atoms with Crippen LogP contribution in [0.25, 0.3) is 11.1 Å². The maximum Gasteiger partial charge on any atom is 0.260 e. The Morgan fingerprint density at radius 2 is 1.76 bits per heavy atom. The lowest BCUT2D eigenvalue weighted by Gasteiger charge is -2.25. The van der Waals surface area contributed by atoms with Gasteiger partial charge < -0.3 is 10.6 Å². The molecule has 1 aromatic heterocycles. The second kappa shape index (κ2) is 9.76. The lowest BCUT2D eigenvalue weighted by molar-refractivity contribution is 0.0982. The van der Waals surface area contributed by atoms with Crippen LogP contribution < -0.4 is 15.5 Å². The molecule has 1 aliphatic carbocycles. The summed E-state index contributed by atoms with van der Waals surface area (Å²) in [4.78, 5) is 29.2. The van der Waals surface area contributed by atoms with Gasteiger partial charge in [-0.05, 0) is 66.6 Å². The molecule has 1 saturated heterocycles. The zero-order valence-corrected chi connectivity index (χ0v) is 20.7. The summed E-state index contributed by atoms with van der Waals surface area (Å²) in [5.74, 6) is 2.19. The van der Waals surface area contributed by atoms with E-state index in [-0.39, 0.29) is 5.91 Å². The Morgan fingerprint density at radius 3 is 2.44 bits per heavy atom. The van der Waals surface area contributed by atoms with E-state index in [0.717, 1.165) is 59.3 Å². The number of carbonyl (C=O) groups excluding carboxylic acids is 2. The van der Waals surface area contributed by atoms with Crippen LogP contribution in [0.2, 0.25) is 0 Å². The summed E-state index contributed by atoms with van der Waals surface area (Å²) in [6.45, 7) is 4.61. The summed E-state index contributed by atoms with van der Waals surface area (Å²) in [6, 6.07) is 12.9. The van der Waals surface area contributed by atoms with Gasteiger partial charge in [0.25, 0.3) is 5.91 Å². The predicted octanol–water partition coefficient (Wildman–Crippen LogP) is 4.22. The van der Waals surface area contributed by atoms with E-state index in [1.54, 1.807) is 12.1 Å². The van der Waals surface area contributed by atoms with E-state index in [9.17, 15) is 9.59 Å². The molecule has 2 fully saturated rings. The van der Waals surface area contributed by atoms with Gasteiger partial charge in [-0.25, -0.2) is 0 Å². The van der Waals surface area contributed by atoms with Gasteiger partial charge in [-0.3, -0.25) is 14.5 Å². The van der Waals surface area contributed by atoms with Gasteiger partial charge in [-0.1, -0.05) is 29.5 Å². The summed E-state index contributed by atoms with van der Waals surface area (Å²) in [5, 5.41) is 10.4. The van der Waals surface area contributed by atoms with Gasteiger partial charge in [0.2, 0.25) is 16.2 Å². The largest absolute Gasteiger partial charge is 0.366 e. The number of hydrogen-bond acceptors (Lipinski definition) is 7. The van der Waals surface area contributed by atoms with Crippen molar-refractivity contribution in [2.24, 2.45) is 11.7 Å². The molecule has 3 aromatic rings. The zero-order chi connectivity index (χ0) is 23.7. The Bertz CT molecular complexity index is 1200. The normalized spacial score (nSPS) is 15.9. The van der Waals surface area contributed by atoms with Crippen molar-refractivity contribution in [1.82, 2.24) is 10.2 Å². The predicted molar refractivity (Wildman–Crippen MR) is 139 cm³/mol. The number of primary amides is 1. The smallest absolute Gasteiger partial charge is 0.260 e. The van der Waals surface area contributed by atoms with Crippen molar-refractivity contribution in [2.45, 2.75) is 19.8 Å². The molecule has 2 heterocycles. The molecular formula is C25H27N5O2S2. The molecule has 9 heteroatoms. The van der Waals surface area contributed by atoms with Crippen LogP contribution in [-0.4, -0.2) is 53.2 Å². The van der Waals surface area contributed by atoms with Crippen LogP contribution in [-0.2, 0) is 0 Å². The monoisotopic (exact) mass is 493 g/mol. The summed E-state index contributed by atoms with van der Waals surface area (Å²) in [6.07, 6.45) is 2.29. The minimum atomic E-state index is -0.456. The number of nitrogens with two attached hydrogens (primary N) is 1. The van der Waals surface area contributed by atoms with Crippen molar-refractivity contribution < 1.29 is 9.59 Å². The lowest BCUT2D eigenvalue weighted by atomic mass is 9.96. The Balaban J connectivity index is 1.43. The van der Waals surface area contributed by atoms with Gasteiger partial charge in [-0.15, -0.1) is 10.2 Å². The number of hydrogen-bond donors (Lipinski definition) is 1. The second-order valence-corrected chi connectivity index (χ2v) is 11.0. The van der Waals surface area contributed by atoms with E-state index in [1.807, 2.05) is 53.9 Å². The molecule has 0 radical (unpaired) electrons. The molecule has 1 saturated carbocycles. The second-order valence-electron chi connectivity index (χ2n) is 8.80. The van der Waals surface area contributed by atoms with E-state index < -0.39 is 5.91 Å². The molecule has 7 nitrogen and oxygen atoms in total. The highest BCUT2D eigenvalue weighted by molar-refractivity contribution is 7.99. The number of amides is 2. The van der Waals surface area contributed by atoms with Gasteiger partial charge in [0, 0.05) is 42.3 Å². The van der Waals surface area contributed by atoms with Gasteiger partial charge in [-0.2, -0.15) is 11.8 Å². The minimum absolute atomic E-state index is 0.0567. The van der Waals surface area contributed by atoms with E-state index in [2.05, 4.69) is 15.1 Å². The first-order chi connectivity index (χ1) is 16.5. The highest BCUT2D eigenvalue weighted by Gasteiger charge is 2.31. The van der Waals surface area contributed by atoms with Crippen molar-refractivity contribution in [2.75, 3.05) is 40.9 Å². The van der Waals surface area contributed by atoms with Gasteiger partial charge in [0.05, 0.1) is 0 Å². The highest BCUT2D eigenvalue weighted by Crippen LogP contribution is 2.36. The number of aryl methyl sites for hydroxylation is 1. The Morgan fingerprint density at radius 1 is 1.06 bits per heavy atom. The zero-order valence-electron chi connectivity index (χ0n) is 19.1. The van der Waals surface area contributed by atoms with Crippen LogP contribution in [0.5, 0.6) is 0 Å². The van der Waals surface area contributed by atoms with Gasteiger partial charge in [0.15, 0.2) is 0 Å². The number of benzene rings is 2.